The molecule has 0 saturated heterocycles. The van der Waals surface area contributed by atoms with Crippen LogP contribution in [0.15, 0.2) is 23.6 Å². The Morgan fingerprint density at radius 2 is 1.96 bits per heavy atom. The fraction of sp³-hybridized carbons (Fsp3) is 0.312. The molecule has 124 valence electrons. The quantitative estimate of drug-likeness (QED) is 0.804. The summed E-state index contributed by atoms with van der Waals surface area (Å²) in [7, 11) is 1.85. The van der Waals surface area contributed by atoms with E-state index in [0.717, 1.165) is 22.6 Å². The van der Waals surface area contributed by atoms with Crippen molar-refractivity contribution >= 4 is 22.9 Å². The first-order chi connectivity index (χ1) is 10.8. The van der Waals surface area contributed by atoms with Crippen molar-refractivity contribution in [2.45, 2.75) is 26.4 Å². The first kappa shape index (κ1) is 17.5. The summed E-state index contributed by atoms with van der Waals surface area (Å²) in [6.07, 6.45) is 0. The van der Waals surface area contributed by atoms with Gasteiger partial charge in [-0.1, -0.05) is 0 Å². The third-order valence-electron chi connectivity index (χ3n) is 3.83. The lowest BCUT2D eigenvalue weighted by atomic mass is 10.2. The number of amides is 1. The number of quaternary nitrogens is 1. The predicted octanol–water partition coefficient (Wildman–Crippen LogP) is 2.52. The van der Waals surface area contributed by atoms with Crippen LogP contribution in [0.4, 0.5) is 18.9 Å². The van der Waals surface area contributed by atoms with Gasteiger partial charge >= 0.3 is 0 Å². The molecule has 0 bridgehead atoms. The number of nitrogens with one attached hydrogen (secondary N) is 2. The Morgan fingerprint density at radius 1 is 1.26 bits per heavy atom. The van der Waals surface area contributed by atoms with Crippen LogP contribution in [0.2, 0.25) is 0 Å². The molecule has 0 aliphatic carbocycles. The summed E-state index contributed by atoms with van der Waals surface area (Å²) in [5, 5.41) is 4.30. The minimum Gasteiger partial charge on any atom is -0.323 e. The molecule has 0 radical (unpaired) electrons. The number of benzene rings is 1. The van der Waals surface area contributed by atoms with Crippen LogP contribution in [-0.2, 0) is 11.3 Å². The second-order valence-corrected chi connectivity index (χ2v) is 6.48. The summed E-state index contributed by atoms with van der Waals surface area (Å²) in [6, 6.07) is 3.32. The van der Waals surface area contributed by atoms with Gasteiger partial charge in [-0.05, 0) is 43.0 Å². The molecule has 2 aromatic rings. The number of carbonyl (C=O) groups excluding carboxylic acids is 1. The second-order valence-electron chi connectivity index (χ2n) is 5.48. The van der Waals surface area contributed by atoms with Gasteiger partial charge in [-0.2, -0.15) is 0 Å². The van der Waals surface area contributed by atoms with Crippen LogP contribution in [0.1, 0.15) is 17.4 Å². The number of carbonyl (C=O) groups is 1. The molecule has 7 heteroatoms. The number of anilines is 1. The third kappa shape index (κ3) is 3.92. The van der Waals surface area contributed by atoms with Gasteiger partial charge in [-0.25, -0.2) is 13.2 Å². The van der Waals surface area contributed by atoms with Crippen LogP contribution in [0.25, 0.3) is 0 Å². The van der Waals surface area contributed by atoms with Gasteiger partial charge in [-0.15, -0.1) is 11.3 Å². The van der Waals surface area contributed by atoms with Crippen molar-refractivity contribution in [3.8, 4) is 0 Å². The van der Waals surface area contributed by atoms with Crippen LogP contribution < -0.4 is 10.2 Å². The van der Waals surface area contributed by atoms with Crippen LogP contribution in [-0.4, -0.2) is 19.0 Å². The minimum atomic E-state index is -1.59. The van der Waals surface area contributed by atoms with E-state index < -0.39 is 29.4 Å². The molecular weight excluding hydrogens is 325 g/mol. The zero-order valence-electron chi connectivity index (χ0n) is 13.0. The molecule has 3 nitrogen and oxygen atoms in total. The monoisotopic (exact) mass is 343 g/mol. The van der Waals surface area contributed by atoms with Crippen molar-refractivity contribution in [2.75, 3.05) is 12.4 Å². The number of rotatable bonds is 5. The maximum absolute atomic E-state index is 13.6. The maximum atomic E-state index is 13.6. The van der Waals surface area contributed by atoms with Gasteiger partial charge < -0.3 is 10.2 Å². The molecule has 0 aliphatic heterocycles. The van der Waals surface area contributed by atoms with E-state index in [0.29, 0.717) is 6.54 Å². The highest BCUT2D eigenvalue weighted by atomic mass is 32.1. The van der Waals surface area contributed by atoms with Gasteiger partial charge in [0.1, 0.15) is 6.54 Å². The molecule has 1 amide bonds. The first-order valence-corrected chi connectivity index (χ1v) is 7.99. The molecule has 1 heterocycles. The Bertz CT molecular complexity index is 717. The molecule has 0 saturated carbocycles. The molecular formula is C16H18F3N2OS+. The van der Waals surface area contributed by atoms with E-state index in [-0.39, 0.29) is 5.69 Å². The van der Waals surface area contributed by atoms with E-state index in [4.69, 9.17) is 0 Å². The largest absolute Gasteiger partial charge is 0.323 e. The van der Waals surface area contributed by atoms with Crippen molar-refractivity contribution in [2.24, 2.45) is 0 Å². The summed E-state index contributed by atoms with van der Waals surface area (Å²) < 4.78 is 39.7. The Balaban J connectivity index is 2.05. The Morgan fingerprint density at radius 3 is 2.57 bits per heavy atom. The van der Waals surface area contributed by atoms with Gasteiger partial charge in [0.05, 0.1) is 17.6 Å². The van der Waals surface area contributed by atoms with Gasteiger partial charge in [0, 0.05) is 0 Å². The molecule has 1 aromatic heterocycles. The lowest BCUT2D eigenvalue weighted by Gasteiger charge is -2.21. The fourth-order valence-electron chi connectivity index (χ4n) is 2.08. The summed E-state index contributed by atoms with van der Waals surface area (Å²) in [5.41, 5.74) is 0.800. The van der Waals surface area contributed by atoms with E-state index in [1.807, 2.05) is 25.4 Å². The molecule has 2 atom stereocenters. The average molecular weight is 343 g/mol. The van der Waals surface area contributed by atoms with Crippen molar-refractivity contribution in [3.05, 3.63) is 51.5 Å². The van der Waals surface area contributed by atoms with Crippen LogP contribution in [0.5, 0.6) is 0 Å². The zero-order valence-corrected chi connectivity index (χ0v) is 13.9. The molecule has 0 spiro atoms. The van der Waals surface area contributed by atoms with Gasteiger partial charge in [-0.3, -0.25) is 4.79 Å². The smallest absolute Gasteiger partial charge is 0.282 e. The molecule has 2 rings (SSSR count). The fourth-order valence-corrected chi connectivity index (χ4v) is 3.08. The minimum absolute atomic E-state index is 0.360. The Labute approximate surface area is 136 Å². The highest BCUT2D eigenvalue weighted by Gasteiger charge is 2.24. The standard InChI is InChI=1S/C16H17F3N2OS/c1-9-6-7-23-13(9)8-21(3)10(2)16(22)20-12-5-4-11(17)14(18)15(12)19/h4-7,10H,8H2,1-3H3,(H,20,22)/p+1/t10-/m0/s1. The predicted molar refractivity (Wildman–Crippen MR) is 84.1 cm³/mol. The van der Waals surface area contributed by atoms with E-state index in [1.54, 1.807) is 18.3 Å². The number of hydrogen-bond acceptors (Lipinski definition) is 2. The van der Waals surface area contributed by atoms with Crippen LogP contribution >= 0.6 is 11.3 Å². The van der Waals surface area contributed by atoms with Crippen molar-refractivity contribution < 1.29 is 22.9 Å². The maximum Gasteiger partial charge on any atom is 0.282 e. The van der Waals surface area contributed by atoms with Crippen LogP contribution in [0.3, 0.4) is 0 Å². The molecule has 0 aliphatic rings. The third-order valence-corrected chi connectivity index (χ3v) is 4.86. The van der Waals surface area contributed by atoms with Crippen LogP contribution in [0, 0.1) is 24.4 Å². The number of thiophene rings is 1. The van der Waals surface area contributed by atoms with Crippen molar-refractivity contribution in [1.82, 2.24) is 0 Å². The van der Waals surface area contributed by atoms with Gasteiger partial charge in [0.25, 0.3) is 5.91 Å². The van der Waals surface area contributed by atoms with Gasteiger partial charge in [0.2, 0.25) is 0 Å². The summed E-state index contributed by atoms with van der Waals surface area (Å²) in [4.78, 5) is 14.3. The van der Waals surface area contributed by atoms with Crippen molar-refractivity contribution in [1.29, 1.82) is 0 Å². The van der Waals surface area contributed by atoms with E-state index >= 15 is 0 Å². The molecule has 1 unspecified atom stereocenters. The molecule has 1 aromatic carbocycles. The molecule has 2 N–H and O–H groups in total. The highest BCUT2D eigenvalue weighted by Crippen LogP contribution is 2.19. The Hall–Kier alpha value is -1.86. The van der Waals surface area contributed by atoms with E-state index in [9.17, 15) is 18.0 Å². The van der Waals surface area contributed by atoms with Crippen molar-refractivity contribution in [3.63, 3.8) is 0 Å². The highest BCUT2D eigenvalue weighted by molar-refractivity contribution is 7.10. The number of hydrogen-bond donors (Lipinski definition) is 2. The van der Waals surface area contributed by atoms with Gasteiger partial charge in [0.15, 0.2) is 23.5 Å². The lowest BCUT2D eigenvalue weighted by molar-refractivity contribution is -0.907. The molecule has 23 heavy (non-hydrogen) atoms. The van der Waals surface area contributed by atoms with E-state index in [2.05, 4.69) is 5.32 Å². The normalized spacial score (nSPS) is 13.7. The second kappa shape index (κ2) is 7.14. The summed E-state index contributed by atoms with van der Waals surface area (Å²) >= 11 is 1.61. The number of aryl methyl sites for hydroxylation is 1. The lowest BCUT2D eigenvalue weighted by Crippen LogP contribution is -3.12. The Kier molecular flexibility index (Phi) is 5.43. The zero-order chi connectivity index (χ0) is 17.1. The first-order valence-electron chi connectivity index (χ1n) is 7.11. The number of likely N-dealkylation sites (N-methyl/N-ethyl adjacent to an activating group) is 1. The number of halogens is 3. The SMILES string of the molecule is Cc1ccsc1C[NH+](C)[C@@H](C)C(=O)Nc1ccc(F)c(F)c1F. The molecule has 0 fully saturated rings. The topological polar surface area (TPSA) is 33.5 Å². The van der Waals surface area contributed by atoms with E-state index in [1.165, 1.54) is 4.88 Å². The summed E-state index contributed by atoms with van der Waals surface area (Å²) in [5.74, 6) is -4.73. The summed E-state index contributed by atoms with van der Waals surface area (Å²) in [6.45, 7) is 4.35. The average Bonchev–Trinajstić information content (AvgIpc) is 2.92.